The number of ether oxygens (including phenoxy) is 1. The fraction of sp³-hybridized carbons (Fsp3) is 0.474. The molecule has 0 aliphatic carbocycles. The minimum absolute atomic E-state index is 0.0964. The van der Waals surface area contributed by atoms with E-state index in [2.05, 4.69) is 22.3 Å². The Labute approximate surface area is 143 Å². The molecule has 1 amide bonds. The van der Waals surface area contributed by atoms with Gasteiger partial charge < -0.3 is 9.64 Å². The summed E-state index contributed by atoms with van der Waals surface area (Å²) in [7, 11) is 1.68. The van der Waals surface area contributed by atoms with Crippen LogP contribution in [0.2, 0.25) is 0 Å². The van der Waals surface area contributed by atoms with Crippen molar-refractivity contribution in [2.24, 2.45) is 0 Å². The van der Waals surface area contributed by atoms with Gasteiger partial charge >= 0.3 is 0 Å². The van der Waals surface area contributed by atoms with Crippen molar-refractivity contribution in [3.8, 4) is 5.75 Å². The van der Waals surface area contributed by atoms with Gasteiger partial charge in [0.05, 0.1) is 18.4 Å². The zero-order chi connectivity index (χ0) is 17.1. The molecule has 2 heterocycles. The first kappa shape index (κ1) is 16.6. The van der Waals surface area contributed by atoms with Gasteiger partial charge in [0.2, 0.25) is 0 Å². The molecule has 5 heteroatoms. The summed E-state index contributed by atoms with van der Waals surface area (Å²) in [6, 6.07) is 8.23. The maximum absolute atomic E-state index is 13.0. The lowest BCUT2D eigenvalue weighted by atomic mass is 9.94. The van der Waals surface area contributed by atoms with Crippen LogP contribution in [-0.2, 0) is 0 Å². The smallest absolute Gasteiger partial charge is 0.257 e. The van der Waals surface area contributed by atoms with E-state index in [1.54, 1.807) is 7.11 Å². The van der Waals surface area contributed by atoms with Gasteiger partial charge in [-0.3, -0.25) is 9.89 Å². The summed E-state index contributed by atoms with van der Waals surface area (Å²) in [4.78, 5) is 15.0. The van der Waals surface area contributed by atoms with Crippen LogP contribution in [0.5, 0.6) is 5.75 Å². The molecule has 5 nitrogen and oxygen atoms in total. The van der Waals surface area contributed by atoms with Crippen molar-refractivity contribution in [3.63, 3.8) is 0 Å². The SMILES string of the molecule is COc1ccc([C@H]2CCCCN(C(=O)c3c(C)n[nH]c3C)C2)cc1. The van der Waals surface area contributed by atoms with Crippen molar-refractivity contribution in [1.82, 2.24) is 15.1 Å². The minimum atomic E-state index is 0.0964. The fourth-order valence-corrected chi connectivity index (χ4v) is 3.50. The average Bonchev–Trinajstić information content (AvgIpc) is 2.80. The zero-order valence-corrected chi connectivity index (χ0v) is 14.6. The van der Waals surface area contributed by atoms with Crippen molar-refractivity contribution >= 4 is 5.91 Å². The highest BCUT2D eigenvalue weighted by atomic mass is 16.5. The van der Waals surface area contributed by atoms with E-state index in [-0.39, 0.29) is 5.91 Å². The lowest BCUT2D eigenvalue weighted by Gasteiger charge is -2.25. The van der Waals surface area contributed by atoms with E-state index in [4.69, 9.17) is 4.74 Å². The molecular weight excluding hydrogens is 302 g/mol. The van der Waals surface area contributed by atoms with Gasteiger partial charge in [0.1, 0.15) is 5.75 Å². The molecule has 1 saturated heterocycles. The first-order chi connectivity index (χ1) is 11.6. The predicted molar refractivity (Wildman–Crippen MR) is 93.6 cm³/mol. The van der Waals surface area contributed by atoms with Crippen molar-refractivity contribution < 1.29 is 9.53 Å². The zero-order valence-electron chi connectivity index (χ0n) is 14.6. The number of aryl methyl sites for hydroxylation is 2. The van der Waals surface area contributed by atoms with Crippen LogP contribution in [0.25, 0.3) is 0 Å². The number of H-pyrrole nitrogens is 1. The summed E-state index contributed by atoms with van der Waals surface area (Å²) in [5, 5.41) is 7.08. The average molecular weight is 327 g/mol. The third-order valence-electron chi connectivity index (χ3n) is 4.89. The molecule has 2 aromatic rings. The lowest BCUT2D eigenvalue weighted by molar-refractivity contribution is 0.0753. The molecule has 1 atom stereocenters. The first-order valence-corrected chi connectivity index (χ1v) is 8.55. The molecule has 1 aromatic carbocycles. The number of amides is 1. The van der Waals surface area contributed by atoms with Gasteiger partial charge in [-0.1, -0.05) is 18.6 Å². The Balaban J connectivity index is 1.80. The van der Waals surface area contributed by atoms with Gasteiger partial charge in [0, 0.05) is 24.7 Å². The van der Waals surface area contributed by atoms with Gasteiger partial charge in [-0.05, 0) is 44.4 Å². The number of hydrogen-bond donors (Lipinski definition) is 1. The molecule has 3 rings (SSSR count). The van der Waals surface area contributed by atoms with Crippen LogP contribution in [0.1, 0.15) is 52.5 Å². The minimum Gasteiger partial charge on any atom is -0.497 e. The molecule has 0 saturated carbocycles. The van der Waals surface area contributed by atoms with Gasteiger partial charge in [-0.15, -0.1) is 0 Å². The molecule has 1 aliphatic rings. The monoisotopic (exact) mass is 327 g/mol. The van der Waals surface area contributed by atoms with Crippen LogP contribution in [0.3, 0.4) is 0 Å². The first-order valence-electron chi connectivity index (χ1n) is 8.55. The van der Waals surface area contributed by atoms with E-state index in [0.717, 1.165) is 55.1 Å². The van der Waals surface area contributed by atoms with Gasteiger partial charge in [0.25, 0.3) is 5.91 Å². The van der Waals surface area contributed by atoms with Crippen LogP contribution in [0, 0.1) is 13.8 Å². The predicted octanol–water partition coefficient (Wildman–Crippen LogP) is 3.45. The Morgan fingerprint density at radius 1 is 1.25 bits per heavy atom. The largest absolute Gasteiger partial charge is 0.497 e. The molecule has 0 unspecified atom stereocenters. The molecule has 0 radical (unpaired) electrons. The number of nitrogens with one attached hydrogen (secondary N) is 1. The number of carbonyl (C=O) groups is 1. The topological polar surface area (TPSA) is 58.2 Å². The summed E-state index contributed by atoms with van der Waals surface area (Å²) in [6.45, 7) is 5.37. The number of aromatic amines is 1. The maximum atomic E-state index is 13.0. The summed E-state index contributed by atoms with van der Waals surface area (Å²) >= 11 is 0. The van der Waals surface area contributed by atoms with Crippen LogP contribution < -0.4 is 4.74 Å². The molecular formula is C19H25N3O2. The van der Waals surface area contributed by atoms with E-state index in [1.807, 2.05) is 30.9 Å². The van der Waals surface area contributed by atoms with E-state index < -0.39 is 0 Å². The molecule has 1 aliphatic heterocycles. The van der Waals surface area contributed by atoms with E-state index in [1.165, 1.54) is 5.56 Å². The number of likely N-dealkylation sites (tertiary alicyclic amines) is 1. The van der Waals surface area contributed by atoms with Crippen molar-refractivity contribution in [2.75, 3.05) is 20.2 Å². The molecule has 1 aromatic heterocycles. The summed E-state index contributed by atoms with van der Waals surface area (Å²) in [6.07, 6.45) is 3.30. The third kappa shape index (κ3) is 3.30. The number of nitrogens with zero attached hydrogens (tertiary/aromatic N) is 2. The summed E-state index contributed by atoms with van der Waals surface area (Å²) < 4.78 is 5.24. The van der Waals surface area contributed by atoms with Gasteiger partial charge in [-0.2, -0.15) is 5.10 Å². The second-order valence-electron chi connectivity index (χ2n) is 6.53. The lowest BCUT2D eigenvalue weighted by Crippen LogP contribution is -2.34. The summed E-state index contributed by atoms with van der Waals surface area (Å²) in [5.74, 6) is 1.33. The highest BCUT2D eigenvalue weighted by Gasteiger charge is 2.26. The van der Waals surface area contributed by atoms with Gasteiger partial charge in [-0.25, -0.2) is 0 Å². The van der Waals surface area contributed by atoms with E-state index >= 15 is 0 Å². The highest BCUT2D eigenvalue weighted by Crippen LogP contribution is 2.29. The summed E-state index contributed by atoms with van der Waals surface area (Å²) in [5.41, 5.74) is 3.63. The number of methoxy groups -OCH3 is 1. The Hall–Kier alpha value is -2.30. The van der Waals surface area contributed by atoms with E-state index in [0.29, 0.717) is 5.92 Å². The Morgan fingerprint density at radius 3 is 2.62 bits per heavy atom. The van der Waals surface area contributed by atoms with Crippen LogP contribution >= 0.6 is 0 Å². The molecule has 24 heavy (non-hydrogen) atoms. The standard InChI is InChI=1S/C19H25N3O2/c1-13-18(14(2)21-20-13)19(23)22-11-5-4-6-16(12-22)15-7-9-17(24-3)10-8-15/h7-10,16H,4-6,11-12H2,1-3H3,(H,20,21)/t16-/m0/s1. The number of rotatable bonds is 3. The van der Waals surface area contributed by atoms with Crippen molar-refractivity contribution in [1.29, 1.82) is 0 Å². The number of hydrogen-bond acceptors (Lipinski definition) is 3. The van der Waals surface area contributed by atoms with Crippen LogP contribution in [0.4, 0.5) is 0 Å². The highest BCUT2D eigenvalue weighted by molar-refractivity contribution is 5.96. The maximum Gasteiger partial charge on any atom is 0.257 e. The van der Waals surface area contributed by atoms with Crippen LogP contribution in [-0.4, -0.2) is 41.2 Å². The molecule has 0 spiro atoms. The van der Waals surface area contributed by atoms with Crippen molar-refractivity contribution in [2.45, 2.75) is 39.0 Å². The quantitative estimate of drug-likeness (QED) is 0.939. The van der Waals surface area contributed by atoms with Gasteiger partial charge in [0.15, 0.2) is 0 Å². The van der Waals surface area contributed by atoms with Crippen molar-refractivity contribution in [3.05, 3.63) is 46.8 Å². The Bertz CT molecular complexity index is 686. The normalized spacial score (nSPS) is 18.3. The number of aromatic nitrogens is 2. The number of carbonyl (C=O) groups excluding carboxylic acids is 1. The molecule has 1 fully saturated rings. The number of benzene rings is 1. The van der Waals surface area contributed by atoms with Crippen LogP contribution in [0.15, 0.2) is 24.3 Å². The molecule has 1 N–H and O–H groups in total. The second-order valence-corrected chi connectivity index (χ2v) is 6.53. The fourth-order valence-electron chi connectivity index (χ4n) is 3.50. The Kier molecular flexibility index (Phi) is 4.88. The molecule has 0 bridgehead atoms. The van der Waals surface area contributed by atoms with E-state index in [9.17, 15) is 4.79 Å². The third-order valence-corrected chi connectivity index (χ3v) is 4.89. The second kappa shape index (κ2) is 7.07. The molecule has 128 valence electrons. The Morgan fingerprint density at radius 2 is 2.00 bits per heavy atom.